The molecule has 6 heteroatoms. The van der Waals surface area contributed by atoms with Gasteiger partial charge in [-0.3, -0.25) is 9.59 Å². The van der Waals surface area contributed by atoms with Crippen LogP contribution < -0.4 is 10.6 Å². The Morgan fingerprint density at radius 3 is 2.50 bits per heavy atom. The molecule has 0 aromatic rings. The molecule has 2 heterocycles. The molecule has 2 fully saturated rings. The van der Waals surface area contributed by atoms with Crippen LogP contribution in [0.1, 0.15) is 25.7 Å². The lowest BCUT2D eigenvalue weighted by atomic mass is 10.2. The van der Waals surface area contributed by atoms with E-state index in [9.17, 15) is 9.59 Å². The molecule has 2 amide bonds. The van der Waals surface area contributed by atoms with Crippen LogP contribution in [0, 0.1) is 0 Å². The number of nitrogens with one attached hydrogen (secondary N) is 2. The molecular formula is C12H20N2O4. The van der Waals surface area contributed by atoms with Crippen LogP contribution in [0.3, 0.4) is 0 Å². The van der Waals surface area contributed by atoms with Gasteiger partial charge in [0.15, 0.2) is 0 Å². The van der Waals surface area contributed by atoms with E-state index in [0.717, 1.165) is 32.3 Å². The summed E-state index contributed by atoms with van der Waals surface area (Å²) in [5.41, 5.74) is 0. The van der Waals surface area contributed by atoms with Crippen molar-refractivity contribution in [1.29, 1.82) is 0 Å². The zero-order valence-electron chi connectivity index (χ0n) is 10.4. The number of amides is 2. The van der Waals surface area contributed by atoms with Crippen molar-refractivity contribution in [3.05, 3.63) is 0 Å². The van der Waals surface area contributed by atoms with Gasteiger partial charge in [0.1, 0.15) is 6.10 Å². The summed E-state index contributed by atoms with van der Waals surface area (Å²) < 4.78 is 10.6. The third-order valence-corrected chi connectivity index (χ3v) is 3.20. The van der Waals surface area contributed by atoms with Crippen LogP contribution in [0.15, 0.2) is 0 Å². The predicted molar refractivity (Wildman–Crippen MR) is 64.0 cm³/mol. The smallest absolute Gasteiger partial charge is 0.249 e. The van der Waals surface area contributed by atoms with Gasteiger partial charge in [-0.05, 0) is 25.7 Å². The zero-order chi connectivity index (χ0) is 12.8. The van der Waals surface area contributed by atoms with Gasteiger partial charge < -0.3 is 20.1 Å². The molecule has 18 heavy (non-hydrogen) atoms. The van der Waals surface area contributed by atoms with Crippen molar-refractivity contribution in [3.63, 3.8) is 0 Å². The number of carbonyl (C=O) groups is 2. The second kappa shape index (κ2) is 6.70. The standard InChI is InChI=1S/C12H20N2O4/c15-11(13-7-9-3-1-5-17-9)8-14-12(16)10-4-2-6-18-10/h9-10H,1-8H2,(H,13,15)(H,14,16). The quantitative estimate of drug-likeness (QED) is 0.700. The Kier molecular flexibility index (Phi) is 4.95. The Hall–Kier alpha value is -1.14. The molecule has 0 aromatic heterocycles. The highest BCUT2D eigenvalue weighted by Crippen LogP contribution is 2.11. The molecule has 2 N–H and O–H groups in total. The summed E-state index contributed by atoms with van der Waals surface area (Å²) in [6.45, 7) is 1.93. The fraction of sp³-hybridized carbons (Fsp3) is 0.833. The first-order valence-corrected chi connectivity index (χ1v) is 6.53. The molecule has 2 aliphatic heterocycles. The molecule has 102 valence electrons. The van der Waals surface area contributed by atoms with Gasteiger partial charge in [-0.2, -0.15) is 0 Å². The highest BCUT2D eigenvalue weighted by molar-refractivity contribution is 5.86. The number of carbonyl (C=O) groups excluding carboxylic acids is 2. The molecule has 2 unspecified atom stereocenters. The van der Waals surface area contributed by atoms with Gasteiger partial charge in [0, 0.05) is 19.8 Å². The van der Waals surface area contributed by atoms with E-state index < -0.39 is 0 Å². The van der Waals surface area contributed by atoms with Gasteiger partial charge in [-0.15, -0.1) is 0 Å². The van der Waals surface area contributed by atoms with E-state index in [2.05, 4.69) is 10.6 Å². The lowest BCUT2D eigenvalue weighted by Gasteiger charge is -2.12. The van der Waals surface area contributed by atoms with Crippen LogP contribution in [0.2, 0.25) is 0 Å². The van der Waals surface area contributed by atoms with Gasteiger partial charge in [-0.25, -0.2) is 0 Å². The van der Waals surface area contributed by atoms with Crippen LogP contribution in [0.25, 0.3) is 0 Å². The van der Waals surface area contributed by atoms with E-state index in [0.29, 0.717) is 13.2 Å². The minimum atomic E-state index is -0.379. The van der Waals surface area contributed by atoms with Crippen LogP contribution in [0.4, 0.5) is 0 Å². The summed E-state index contributed by atoms with van der Waals surface area (Å²) in [6.07, 6.45) is 3.43. The van der Waals surface area contributed by atoms with Crippen LogP contribution in [0.5, 0.6) is 0 Å². The first-order chi connectivity index (χ1) is 8.75. The molecular weight excluding hydrogens is 236 g/mol. The molecule has 6 nitrogen and oxygen atoms in total. The van der Waals surface area contributed by atoms with E-state index in [1.54, 1.807) is 0 Å². The van der Waals surface area contributed by atoms with Gasteiger partial charge in [0.2, 0.25) is 11.8 Å². The van der Waals surface area contributed by atoms with Crippen LogP contribution in [-0.2, 0) is 19.1 Å². The number of hydrogen-bond donors (Lipinski definition) is 2. The second-order valence-electron chi connectivity index (χ2n) is 4.66. The van der Waals surface area contributed by atoms with Crippen molar-refractivity contribution >= 4 is 11.8 Å². The summed E-state index contributed by atoms with van der Waals surface area (Å²) in [4.78, 5) is 23.1. The first kappa shape index (κ1) is 13.3. The maximum atomic E-state index is 11.6. The van der Waals surface area contributed by atoms with Crippen molar-refractivity contribution in [2.24, 2.45) is 0 Å². The number of ether oxygens (including phenoxy) is 2. The second-order valence-corrected chi connectivity index (χ2v) is 4.66. The maximum Gasteiger partial charge on any atom is 0.249 e. The minimum Gasteiger partial charge on any atom is -0.376 e. The normalized spacial score (nSPS) is 27.1. The van der Waals surface area contributed by atoms with Gasteiger partial charge in [-0.1, -0.05) is 0 Å². The van der Waals surface area contributed by atoms with Gasteiger partial charge in [0.25, 0.3) is 0 Å². The van der Waals surface area contributed by atoms with Gasteiger partial charge in [0.05, 0.1) is 12.6 Å². The zero-order valence-corrected chi connectivity index (χ0v) is 10.4. The van der Waals surface area contributed by atoms with Crippen molar-refractivity contribution in [2.75, 3.05) is 26.3 Å². The van der Waals surface area contributed by atoms with Crippen LogP contribution in [-0.4, -0.2) is 50.3 Å². The van der Waals surface area contributed by atoms with Crippen LogP contribution >= 0.6 is 0 Å². The van der Waals surface area contributed by atoms with E-state index in [4.69, 9.17) is 9.47 Å². The average molecular weight is 256 g/mol. The monoisotopic (exact) mass is 256 g/mol. The third-order valence-electron chi connectivity index (χ3n) is 3.20. The van der Waals surface area contributed by atoms with E-state index in [1.165, 1.54) is 0 Å². The summed E-state index contributed by atoms with van der Waals surface area (Å²) in [5, 5.41) is 5.33. The topological polar surface area (TPSA) is 76.7 Å². The summed E-state index contributed by atoms with van der Waals surface area (Å²) in [6, 6.07) is 0. The summed E-state index contributed by atoms with van der Waals surface area (Å²) >= 11 is 0. The molecule has 2 saturated heterocycles. The SMILES string of the molecule is O=C(CNC(=O)C1CCCO1)NCC1CCCO1. The molecule has 0 aromatic carbocycles. The van der Waals surface area contributed by atoms with E-state index >= 15 is 0 Å². The maximum absolute atomic E-state index is 11.6. The molecule has 0 spiro atoms. The fourth-order valence-electron chi connectivity index (χ4n) is 2.16. The molecule has 0 radical (unpaired) electrons. The Morgan fingerprint density at radius 2 is 1.83 bits per heavy atom. The van der Waals surface area contributed by atoms with Gasteiger partial charge >= 0.3 is 0 Å². The summed E-state index contributed by atoms with van der Waals surface area (Å²) in [7, 11) is 0. The third kappa shape index (κ3) is 3.96. The molecule has 0 bridgehead atoms. The lowest BCUT2D eigenvalue weighted by molar-refractivity contribution is -0.132. The van der Waals surface area contributed by atoms with Crippen molar-refractivity contribution in [3.8, 4) is 0 Å². The van der Waals surface area contributed by atoms with Crippen molar-refractivity contribution in [2.45, 2.75) is 37.9 Å². The van der Waals surface area contributed by atoms with E-state index in [-0.39, 0.29) is 30.6 Å². The predicted octanol–water partition coefficient (Wildman–Crippen LogP) is -0.423. The Morgan fingerprint density at radius 1 is 1.06 bits per heavy atom. The summed E-state index contributed by atoms with van der Waals surface area (Å²) in [5.74, 6) is -0.378. The highest BCUT2D eigenvalue weighted by Gasteiger charge is 2.23. The Labute approximate surface area is 106 Å². The largest absolute Gasteiger partial charge is 0.376 e. The molecule has 0 aliphatic carbocycles. The Bertz CT molecular complexity index is 296. The highest BCUT2D eigenvalue weighted by atomic mass is 16.5. The molecule has 2 rings (SSSR count). The molecule has 0 saturated carbocycles. The fourth-order valence-corrected chi connectivity index (χ4v) is 2.16. The minimum absolute atomic E-state index is 0.00537. The number of hydrogen-bond acceptors (Lipinski definition) is 4. The average Bonchev–Trinajstić information content (AvgIpc) is 3.05. The first-order valence-electron chi connectivity index (χ1n) is 6.53. The van der Waals surface area contributed by atoms with Crippen molar-refractivity contribution < 1.29 is 19.1 Å². The lowest BCUT2D eigenvalue weighted by Crippen LogP contribution is -2.43. The Balaban J connectivity index is 1.57. The molecule has 2 atom stereocenters. The molecule has 2 aliphatic rings. The van der Waals surface area contributed by atoms with E-state index in [1.807, 2.05) is 0 Å². The number of rotatable bonds is 5. The van der Waals surface area contributed by atoms with Crippen molar-refractivity contribution in [1.82, 2.24) is 10.6 Å².